The van der Waals surface area contributed by atoms with Gasteiger partial charge in [0.25, 0.3) is 5.91 Å². The predicted molar refractivity (Wildman–Crippen MR) is 150 cm³/mol. The number of halogens is 1. The molecule has 4 aliphatic heterocycles. The molecule has 0 aliphatic carbocycles. The van der Waals surface area contributed by atoms with Gasteiger partial charge in [0, 0.05) is 30.3 Å². The summed E-state index contributed by atoms with van der Waals surface area (Å²) in [4.78, 5) is 47.9. The summed E-state index contributed by atoms with van der Waals surface area (Å²) >= 11 is 6.12. The Labute approximate surface area is 238 Å². The third kappa shape index (κ3) is 4.08. The standard InChI is InChI=1S/C31H32ClN3O5/c1-2-16-33-17-6-10-24-25(28(33)37)26-29(38)35(23(19-36)20-8-4-3-5-9-20)27-30(39)34(18-7-15-31(26,27)40-24)22-13-11-21(32)12-14-22/h3-15,23-27,36H,2,16-19H2,1H3/t23-,24-,25+,26+,27?,31+/m1/s1. The average Bonchev–Trinajstić information content (AvgIpc) is 3.28. The first-order valence-corrected chi connectivity index (χ1v) is 14.1. The van der Waals surface area contributed by atoms with Gasteiger partial charge in [-0.05, 0) is 36.2 Å². The summed E-state index contributed by atoms with van der Waals surface area (Å²) in [5.41, 5.74) is -0.0458. The van der Waals surface area contributed by atoms with Crippen LogP contribution in [0.25, 0.3) is 0 Å². The molecule has 40 heavy (non-hydrogen) atoms. The number of rotatable bonds is 6. The van der Waals surface area contributed by atoms with E-state index >= 15 is 0 Å². The number of likely N-dealkylation sites (tertiary alicyclic amines) is 1. The van der Waals surface area contributed by atoms with E-state index < -0.39 is 42.2 Å². The van der Waals surface area contributed by atoms with Crippen molar-refractivity contribution in [2.24, 2.45) is 11.8 Å². The van der Waals surface area contributed by atoms with Crippen LogP contribution in [0, 0.1) is 11.8 Å². The van der Waals surface area contributed by atoms with Crippen LogP contribution in [0.15, 0.2) is 78.9 Å². The van der Waals surface area contributed by atoms with Gasteiger partial charge in [-0.3, -0.25) is 14.4 Å². The van der Waals surface area contributed by atoms with E-state index in [1.807, 2.05) is 61.6 Å². The Balaban J connectivity index is 1.50. The van der Waals surface area contributed by atoms with Gasteiger partial charge in [0.15, 0.2) is 0 Å². The van der Waals surface area contributed by atoms with Crippen LogP contribution in [0.5, 0.6) is 0 Å². The first kappa shape index (κ1) is 26.7. The van der Waals surface area contributed by atoms with Crippen LogP contribution < -0.4 is 4.90 Å². The number of hydrogen-bond donors (Lipinski definition) is 1. The van der Waals surface area contributed by atoms with Crippen molar-refractivity contribution in [1.29, 1.82) is 0 Å². The molecule has 1 unspecified atom stereocenters. The first-order chi connectivity index (χ1) is 19.4. The number of aliphatic hydroxyl groups is 1. The number of hydrogen-bond acceptors (Lipinski definition) is 5. The number of amides is 3. The Hall–Kier alpha value is -3.46. The van der Waals surface area contributed by atoms with Crippen molar-refractivity contribution in [3.63, 3.8) is 0 Å². The molecule has 8 nitrogen and oxygen atoms in total. The van der Waals surface area contributed by atoms with E-state index in [1.54, 1.807) is 34.1 Å². The quantitative estimate of drug-likeness (QED) is 0.546. The number of carbonyl (C=O) groups excluding carboxylic acids is 3. The van der Waals surface area contributed by atoms with E-state index in [1.165, 1.54) is 4.90 Å². The third-order valence-corrected chi connectivity index (χ3v) is 8.76. The van der Waals surface area contributed by atoms with Crippen LogP contribution >= 0.6 is 11.6 Å². The lowest BCUT2D eigenvalue weighted by atomic mass is 9.77. The maximum absolute atomic E-state index is 14.6. The van der Waals surface area contributed by atoms with Crippen molar-refractivity contribution in [1.82, 2.24) is 9.80 Å². The molecule has 4 aliphatic rings. The summed E-state index contributed by atoms with van der Waals surface area (Å²) in [6.45, 7) is 2.89. The number of fused-ring (bicyclic) bond motifs is 2. The van der Waals surface area contributed by atoms with Gasteiger partial charge in [-0.1, -0.05) is 73.2 Å². The molecule has 1 N–H and O–H groups in total. The Kier molecular flexibility index (Phi) is 7.02. The fourth-order valence-corrected chi connectivity index (χ4v) is 6.94. The van der Waals surface area contributed by atoms with Crippen LogP contribution in [0.4, 0.5) is 5.69 Å². The van der Waals surface area contributed by atoms with Crippen molar-refractivity contribution in [2.45, 2.75) is 37.1 Å². The van der Waals surface area contributed by atoms with Crippen molar-refractivity contribution in [2.75, 3.05) is 31.1 Å². The van der Waals surface area contributed by atoms with E-state index in [-0.39, 0.29) is 24.3 Å². The summed E-state index contributed by atoms with van der Waals surface area (Å²) < 4.78 is 6.71. The fourth-order valence-electron chi connectivity index (χ4n) is 6.82. The number of anilines is 1. The van der Waals surface area contributed by atoms with Gasteiger partial charge in [0.05, 0.1) is 30.6 Å². The summed E-state index contributed by atoms with van der Waals surface area (Å²) in [5, 5.41) is 11.2. The Morgan fingerprint density at radius 1 is 1.00 bits per heavy atom. The van der Waals surface area contributed by atoms with E-state index in [0.29, 0.717) is 29.4 Å². The lowest BCUT2D eigenvalue weighted by Gasteiger charge is -2.38. The normalized spacial score (nSPS) is 30.2. The zero-order valence-corrected chi connectivity index (χ0v) is 23.0. The maximum atomic E-state index is 14.6. The number of ether oxygens (including phenoxy) is 1. The molecular weight excluding hydrogens is 530 g/mol. The minimum atomic E-state index is -1.37. The smallest absolute Gasteiger partial charge is 0.253 e. The summed E-state index contributed by atoms with van der Waals surface area (Å²) in [7, 11) is 0. The highest BCUT2D eigenvalue weighted by atomic mass is 35.5. The predicted octanol–water partition coefficient (Wildman–Crippen LogP) is 3.37. The second kappa shape index (κ2) is 10.5. The second-order valence-corrected chi connectivity index (χ2v) is 11.2. The molecule has 0 saturated carbocycles. The fraction of sp³-hybridized carbons (Fsp3) is 0.387. The van der Waals surface area contributed by atoms with Crippen molar-refractivity contribution < 1.29 is 24.2 Å². The lowest BCUT2D eigenvalue weighted by Crippen LogP contribution is -2.56. The molecule has 0 radical (unpaired) electrons. The maximum Gasteiger partial charge on any atom is 0.253 e. The van der Waals surface area contributed by atoms with Gasteiger partial charge in [-0.15, -0.1) is 0 Å². The molecule has 1 spiro atoms. The molecule has 2 aromatic rings. The van der Waals surface area contributed by atoms with Crippen molar-refractivity contribution in [3.05, 3.63) is 89.5 Å². The van der Waals surface area contributed by atoms with Gasteiger partial charge < -0.3 is 24.5 Å². The molecule has 0 aromatic heterocycles. The molecule has 6 rings (SSSR count). The molecule has 208 valence electrons. The van der Waals surface area contributed by atoms with Gasteiger partial charge >= 0.3 is 0 Å². The first-order valence-electron chi connectivity index (χ1n) is 13.8. The number of nitrogens with zero attached hydrogens (tertiary/aromatic N) is 3. The number of aliphatic hydroxyl groups excluding tert-OH is 1. The molecule has 6 atom stereocenters. The van der Waals surface area contributed by atoms with E-state index in [4.69, 9.17) is 16.3 Å². The topological polar surface area (TPSA) is 90.4 Å². The Bertz CT molecular complexity index is 1360. The van der Waals surface area contributed by atoms with Crippen molar-refractivity contribution in [3.8, 4) is 0 Å². The minimum Gasteiger partial charge on any atom is -0.394 e. The Morgan fingerprint density at radius 2 is 1.75 bits per heavy atom. The molecule has 3 amide bonds. The minimum absolute atomic E-state index is 0.146. The summed E-state index contributed by atoms with van der Waals surface area (Å²) in [6.07, 6.45) is 7.57. The van der Waals surface area contributed by atoms with Crippen LogP contribution in [0.1, 0.15) is 24.9 Å². The zero-order valence-electron chi connectivity index (χ0n) is 22.2. The third-order valence-electron chi connectivity index (χ3n) is 8.50. The average molecular weight is 562 g/mol. The van der Waals surface area contributed by atoms with Gasteiger partial charge in [0.2, 0.25) is 11.8 Å². The molecule has 2 aromatic carbocycles. The van der Waals surface area contributed by atoms with Crippen molar-refractivity contribution >= 4 is 35.0 Å². The van der Waals surface area contributed by atoms with Gasteiger partial charge in [-0.2, -0.15) is 0 Å². The molecular formula is C31H32ClN3O5. The van der Waals surface area contributed by atoms with E-state index in [9.17, 15) is 19.5 Å². The lowest BCUT2D eigenvalue weighted by molar-refractivity contribution is -0.147. The highest BCUT2D eigenvalue weighted by Gasteiger charge is 2.72. The highest BCUT2D eigenvalue weighted by molar-refractivity contribution is 6.30. The molecule has 4 heterocycles. The number of benzene rings is 2. The van der Waals surface area contributed by atoms with Gasteiger partial charge in [-0.25, -0.2) is 0 Å². The molecule has 2 fully saturated rings. The Morgan fingerprint density at radius 3 is 2.45 bits per heavy atom. The van der Waals surface area contributed by atoms with Crippen LogP contribution in [0.3, 0.4) is 0 Å². The second-order valence-electron chi connectivity index (χ2n) is 10.7. The largest absolute Gasteiger partial charge is 0.394 e. The van der Waals surface area contributed by atoms with Crippen LogP contribution in [-0.4, -0.2) is 76.6 Å². The summed E-state index contributed by atoms with van der Waals surface area (Å²) in [6, 6.07) is 14.2. The zero-order chi connectivity index (χ0) is 28.0. The van der Waals surface area contributed by atoms with Crippen LogP contribution in [-0.2, 0) is 19.1 Å². The van der Waals surface area contributed by atoms with E-state index in [2.05, 4.69) is 0 Å². The summed E-state index contributed by atoms with van der Waals surface area (Å²) in [5.74, 6) is -2.54. The SMILES string of the molecule is CCCN1CC=C[C@H]2O[C@]34C=CCN(c5ccc(Cl)cc5)C(=O)C3N([C@H](CO)c3ccccc3)C(=O)[C@@H]4[C@H]2C1=O. The molecule has 9 heteroatoms. The monoisotopic (exact) mass is 561 g/mol. The van der Waals surface area contributed by atoms with Crippen LogP contribution in [0.2, 0.25) is 5.02 Å². The number of carbonyl (C=O) groups is 3. The van der Waals surface area contributed by atoms with E-state index in [0.717, 1.165) is 6.42 Å². The molecule has 2 saturated heterocycles. The molecule has 0 bridgehead atoms. The highest BCUT2D eigenvalue weighted by Crippen LogP contribution is 2.55. The van der Waals surface area contributed by atoms with Gasteiger partial charge in [0.1, 0.15) is 11.6 Å².